The molecule has 0 heterocycles. The molecule has 86 valence electrons. The first-order valence-corrected chi connectivity index (χ1v) is 6.00. The molecular formula is C13H16O3. The number of rotatable bonds is 1. The SMILES string of the molecule is COC(=O)[C@@]12CC=CC(=O)[C@@H]1[C@H]1CCC[C@H]12. The number of ether oxygens (including phenoxy) is 1. The first-order chi connectivity index (χ1) is 7.71. The summed E-state index contributed by atoms with van der Waals surface area (Å²) in [6.45, 7) is 0. The summed E-state index contributed by atoms with van der Waals surface area (Å²) < 4.78 is 4.95. The fraction of sp³-hybridized carbons (Fsp3) is 0.692. The first kappa shape index (κ1) is 10.1. The van der Waals surface area contributed by atoms with E-state index in [0.29, 0.717) is 18.3 Å². The van der Waals surface area contributed by atoms with Crippen molar-refractivity contribution in [2.45, 2.75) is 25.7 Å². The molecule has 0 aromatic rings. The lowest BCUT2D eigenvalue weighted by Crippen LogP contribution is -2.62. The van der Waals surface area contributed by atoms with Crippen LogP contribution in [0.2, 0.25) is 0 Å². The first-order valence-electron chi connectivity index (χ1n) is 6.00. The molecule has 0 bridgehead atoms. The van der Waals surface area contributed by atoms with Gasteiger partial charge in [-0.05, 0) is 37.2 Å². The van der Waals surface area contributed by atoms with Crippen molar-refractivity contribution in [1.82, 2.24) is 0 Å². The highest BCUT2D eigenvalue weighted by Gasteiger charge is 2.69. The van der Waals surface area contributed by atoms with Crippen LogP contribution >= 0.6 is 0 Å². The van der Waals surface area contributed by atoms with Gasteiger partial charge in [-0.3, -0.25) is 9.59 Å². The lowest BCUT2D eigenvalue weighted by atomic mass is 9.44. The predicted molar refractivity (Wildman–Crippen MR) is 57.5 cm³/mol. The monoisotopic (exact) mass is 220 g/mol. The average Bonchev–Trinajstić information content (AvgIpc) is 2.68. The average molecular weight is 220 g/mol. The summed E-state index contributed by atoms with van der Waals surface area (Å²) in [6, 6.07) is 0. The van der Waals surface area contributed by atoms with Gasteiger partial charge in [-0.2, -0.15) is 0 Å². The zero-order valence-electron chi connectivity index (χ0n) is 9.44. The van der Waals surface area contributed by atoms with Crippen LogP contribution in [-0.2, 0) is 14.3 Å². The van der Waals surface area contributed by atoms with Crippen LogP contribution in [-0.4, -0.2) is 18.9 Å². The number of allylic oxidation sites excluding steroid dienone is 2. The Bertz CT molecular complexity index is 385. The summed E-state index contributed by atoms with van der Waals surface area (Å²) in [5.41, 5.74) is -0.498. The third-order valence-corrected chi connectivity index (χ3v) is 4.82. The summed E-state index contributed by atoms with van der Waals surface area (Å²) in [4.78, 5) is 24.0. The Morgan fingerprint density at radius 3 is 3.06 bits per heavy atom. The molecule has 3 rings (SSSR count). The fourth-order valence-electron chi connectivity index (χ4n) is 4.29. The van der Waals surface area contributed by atoms with Gasteiger partial charge in [-0.15, -0.1) is 0 Å². The minimum Gasteiger partial charge on any atom is -0.469 e. The molecular weight excluding hydrogens is 204 g/mol. The molecule has 0 spiro atoms. The van der Waals surface area contributed by atoms with E-state index >= 15 is 0 Å². The van der Waals surface area contributed by atoms with Crippen LogP contribution in [0, 0.1) is 23.2 Å². The summed E-state index contributed by atoms with van der Waals surface area (Å²) in [5, 5.41) is 0. The number of fused-ring (bicyclic) bond motifs is 4. The van der Waals surface area contributed by atoms with E-state index in [-0.39, 0.29) is 17.7 Å². The minimum atomic E-state index is -0.498. The molecule has 0 saturated heterocycles. The third-order valence-electron chi connectivity index (χ3n) is 4.82. The molecule has 4 atom stereocenters. The van der Waals surface area contributed by atoms with Crippen LogP contribution in [0.25, 0.3) is 0 Å². The zero-order chi connectivity index (χ0) is 11.3. The lowest BCUT2D eigenvalue weighted by Gasteiger charge is -2.57. The number of carbonyl (C=O) groups is 2. The van der Waals surface area contributed by atoms with Gasteiger partial charge < -0.3 is 4.74 Å². The number of hydrogen-bond donors (Lipinski definition) is 0. The standard InChI is InChI=1S/C13H16O3/c1-16-12(15)13-7-3-6-10(14)11(13)8-4-2-5-9(8)13/h3,6,8-9,11H,2,4-5,7H2,1H3/t8-,9+,11-,13+/m0/s1. The molecule has 16 heavy (non-hydrogen) atoms. The van der Waals surface area contributed by atoms with Crippen molar-refractivity contribution in [1.29, 1.82) is 0 Å². The second kappa shape index (κ2) is 3.19. The molecule has 0 radical (unpaired) electrons. The Morgan fingerprint density at radius 2 is 2.31 bits per heavy atom. The van der Waals surface area contributed by atoms with E-state index in [2.05, 4.69) is 0 Å². The van der Waals surface area contributed by atoms with Gasteiger partial charge in [0, 0.05) is 5.92 Å². The highest BCUT2D eigenvalue weighted by atomic mass is 16.5. The van der Waals surface area contributed by atoms with Crippen molar-refractivity contribution < 1.29 is 14.3 Å². The van der Waals surface area contributed by atoms with E-state index in [1.165, 1.54) is 7.11 Å². The number of hydrogen-bond acceptors (Lipinski definition) is 3. The molecule has 0 aromatic carbocycles. The molecule has 3 aliphatic rings. The Morgan fingerprint density at radius 1 is 1.50 bits per heavy atom. The quantitative estimate of drug-likeness (QED) is 0.632. The number of ketones is 1. The van der Waals surface area contributed by atoms with Crippen LogP contribution in [0.3, 0.4) is 0 Å². The second-order valence-electron chi connectivity index (χ2n) is 5.22. The van der Waals surface area contributed by atoms with E-state index in [1.54, 1.807) is 6.08 Å². The van der Waals surface area contributed by atoms with E-state index in [4.69, 9.17) is 4.74 Å². The van der Waals surface area contributed by atoms with Crippen LogP contribution < -0.4 is 0 Å². The molecule has 0 N–H and O–H groups in total. The summed E-state index contributed by atoms with van der Waals surface area (Å²) >= 11 is 0. The number of methoxy groups -OCH3 is 1. The molecule has 0 amide bonds. The van der Waals surface area contributed by atoms with E-state index in [9.17, 15) is 9.59 Å². The van der Waals surface area contributed by atoms with Gasteiger partial charge in [0.25, 0.3) is 0 Å². The van der Waals surface area contributed by atoms with Gasteiger partial charge in [0.2, 0.25) is 0 Å². The molecule has 2 fully saturated rings. The van der Waals surface area contributed by atoms with E-state index in [1.807, 2.05) is 6.08 Å². The maximum Gasteiger partial charge on any atom is 0.313 e. The molecule has 3 aliphatic carbocycles. The number of carbonyl (C=O) groups excluding carboxylic acids is 2. The van der Waals surface area contributed by atoms with Crippen molar-refractivity contribution >= 4 is 11.8 Å². The van der Waals surface area contributed by atoms with Gasteiger partial charge in [0.1, 0.15) is 0 Å². The van der Waals surface area contributed by atoms with Gasteiger partial charge in [-0.1, -0.05) is 12.5 Å². The molecule has 2 saturated carbocycles. The third kappa shape index (κ3) is 0.944. The second-order valence-corrected chi connectivity index (χ2v) is 5.22. The zero-order valence-corrected chi connectivity index (χ0v) is 9.44. The normalized spacial score (nSPS) is 44.6. The maximum absolute atomic E-state index is 12.0. The highest BCUT2D eigenvalue weighted by Crippen LogP contribution is 2.66. The number of esters is 1. The van der Waals surface area contributed by atoms with Crippen LogP contribution in [0.5, 0.6) is 0 Å². The van der Waals surface area contributed by atoms with Crippen molar-refractivity contribution in [3.8, 4) is 0 Å². The maximum atomic E-state index is 12.0. The molecule has 3 heteroatoms. The van der Waals surface area contributed by atoms with Gasteiger partial charge >= 0.3 is 5.97 Å². The van der Waals surface area contributed by atoms with Crippen molar-refractivity contribution in [3.63, 3.8) is 0 Å². The van der Waals surface area contributed by atoms with E-state index in [0.717, 1.165) is 19.3 Å². The summed E-state index contributed by atoms with van der Waals surface area (Å²) in [5.74, 6) is 0.714. The minimum absolute atomic E-state index is 0.0857. The highest BCUT2D eigenvalue weighted by molar-refractivity contribution is 6.00. The van der Waals surface area contributed by atoms with E-state index < -0.39 is 5.41 Å². The Labute approximate surface area is 94.8 Å². The topological polar surface area (TPSA) is 43.4 Å². The van der Waals surface area contributed by atoms with Crippen molar-refractivity contribution in [2.24, 2.45) is 23.2 Å². The fourth-order valence-corrected chi connectivity index (χ4v) is 4.29. The lowest BCUT2D eigenvalue weighted by molar-refractivity contribution is -0.188. The van der Waals surface area contributed by atoms with Crippen LogP contribution in [0.1, 0.15) is 25.7 Å². The van der Waals surface area contributed by atoms with Gasteiger partial charge in [0.15, 0.2) is 5.78 Å². The van der Waals surface area contributed by atoms with Crippen molar-refractivity contribution in [2.75, 3.05) is 7.11 Å². The molecule has 0 unspecified atom stereocenters. The smallest absolute Gasteiger partial charge is 0.313 e. The Hall–Kier alpha value is -1.12. The van der Waals surface area contributed by atoms with Crippen LogP contribution in [0.15, 0.2) is 12.2 Å². The Balaban J connectivity index is 2.03. The summed E-state index contributed by atoms with van der Waals surface area (Å²) in [7, 11) is 1.43. The Kier molecular flexibility index (Phi) is 2.00. The molecule has 0 aromatic heterocycles. The van der Waals surface area contributed by atoms with Crippen molar-refractivity contribution in [3.05, 3.63) is 12.2 Å². The predicted octanol–water partition coefficient (Wildman–Crippen LogP) is 1.72. The largest absolute Gasteiger partial charge is 0.469 e. The summed E-state index contributed by atoms with van der Waals surface area (Å²) in [6.07, 6.45) is 7.53. The molecule has 3 nitrogen and oxygen atoms in total. The van der Waals surface area contributed by atoms with Crippen LogP contribution in [0.4, 0.5) is 0 Å². The molecule has 0 aliphatic heterocycles. The van der Waals surface area contributed by atoms with Gasteiger partial charge in [-0.25, -0.2) is 0 Å². The van der Waals surface area contributed by atoms with Gasteiger partial charge in [0.05, 0.1) is 12.5 Å².